The molecule has 22 heavy (non-hydrogen) atoms. The zero-order chi connectivity index (χ0) is 15.5. The van der Waals surface area contributed by atoms with Crippen molar-refractivity contribution in [2.24, 2.45) is 5.92 Å². The Morgan fingerprint density at radius 2 is 1.64 bits per heavy atom. The Bertz CT molecular complexity index is 517. The number of carbonyl (C=O) groups is 1. The van der Waals surface area contributed by atoms with Crippen LogP contribution in [0, 0.1) is 5.92 Å². The summed E-state index contributed by atoms with van der Waals surface area (Å²) in [6.07, 6.45) is 6.84. The molecule has 1 N–H and O–H groups in total. The van der Waals surface area contributed by atoms with Crippen molar-refractivity contribution in [2.45, 2.75) is 58.3 Å². The summed E-state index contributed by atoms with van der Waals surface area (Å²) in [4.78, 5) is 12.2. The molecule has 1 fully saturated rings. The molecule has 1 aliphatic rings. The second-order valence-electron chi connectivity index (χ2n) is 7.09. The van der Waals surface area contributed by atoms with Crippen LogP contribution in [0.4, 0.5) is 0 Å². The van der Waals surface area contributed by atoms with E-state index >= 15 is 0 Å². The van der Waals surface area contributed by atoms with Crippen LogP contribution in [-0.2, 0) is 27.3 Å². The summed E-state index contributed by atoms with van der Waals surface area (Å²) < 4.78 is 0. The Kier molecular flexibility index (Phi) is 6.90. The first kappa shape index (κ1) is 19.0. The fourth-order valence-corrected chi connectivity index (χ4v) is 2.86. The van der Waals surface area contributed by atoms with Crippen molar-refractivity contribution >= 4 is 11.5 Å². The Morgan fingerprint density at radius 1 is 1.09 bits per heavy atom. The van der Waals surface area contributed by atoms with Gasteiger partial charge in [-0.2, -0.15) is 0 Å². The van der Waals surface area contributed by atoms with E-state index in [1.54, 1.807) is 0 Å². The van der Waals surface area contributed by atoms with Crippen molar-refractivity contribution in [3.63, 3.8) is 0 Å². The smallest absolute Gasteiger partial charge is 0.162 e. The summed E-state index contributed by atoms with van der Waals surface area (Å²) in [5.74, 6) is 0.271. The van der Waals surface area contributed by atoms with E-state index in [0.717, 1.165) is 25.7 Å². The molecule has 1 aliphatic carbocycles. The molecule has 2 rings (SSSR count). The van der Waals surface area contributed by atoms with Crippen LogP contribution in [0.1, 0.15) is 64.0 Å². The average molecular weight is 341 g/mol. The third-order valence-corrected chi connectivity index (χ3v) is 4.33. The Hall–Kier alpha value is -1.05. The van der Waals surface area contributed by atoms with Gasteiger partial charge in [0.15, 0.2) is 5.78 Å². The van der Waals surface area contributed by atoms with Gasteiger partial charge < -0.3 is 5.11 Å². The molecule has 1 aromatic rings. The predicted molar refractivity (Wildman–Crippen MR) is 87.3 cm³/mol. The molecule has 0 heterocycles. The summed E-state index contributed by atoms with van der Waals surface area (Å²) in [5, 5.41) is 10.2. The van der Waals surface area contributed by atoms with Crippen LogP contribution in [-0.4, -0.2) is 10.9 Å². The van der Waals surface area contributed by atoms with E-state index in [2.05, 4.69) is 20.8 Å². The van der Waals surface area contributed by atoms with Crippen LogP contribution < -0.4 is 0 Å². The quantitative estimate of drug-likeness (QED) is 0.476. The van der Waals surface area contributed by atoms with E-state index in [-0.39, 0.29) is 39.9 Å². The van der Waals surface area contributed by atoms with E-state index in [9.17, 15) is 9.90 Å². The maximum atomic E-state index is 12.2. The third-order valence-electron chi connectivity index (χ3n) is 4.33. The molecule has 0 spiro atoms. The van der Waals surface area contributed by atoms with Gasteiger partial charge in [-0.05, 0) is 23.8 Å². The molecule has 0 unspecified atom stereocenters. The fraction of sp³-hybridized carbons (Fsp3) is 0.526. The number of aliphatic hydroxyl groups excluding tert-OH is 1. The molecule has 0 aromatic heterocycles. The largest absolute Gasteiger partial charge is 0.507 e. The molecule has 0 amide bonds. The molecule has 2 nitrogen and oxygen atoms in total. The number of hydrogen-bond donors (Lipinski definition) is 1. The number of benzene rings is 1. The maximum absolute atomic E-state index is 12.2. The zero-order valence-corrected chi connectivity index (χ0v) is 14.9. The minimum atomic E-state index is 0. The Labute approximate surface area is 144 Å². The first-order valence-corrected chi connectivity index (χ1v) is 7.93. The van der Waals surface area contributed by atoms with Crippen molar-refractivity contribution in [2.75, 3.05) is 0 Å². The van der Waals surface area contributed by atoms with Gasteiger partial charge in [0.1, 0.15) is 5.76 Å². The van der Waals surface area contributed by atoms with Gasteiger partial charge >= 0.3 is 0 Å². The number of aliphatic hydroxyl groups is 1. The monoisotopic (exact) mass is 341 g/mol. The first-order chi connectivity index (χ1) is 9.88. The predicted octanol–water partition coefficient (Wildman–Crippen LogP) is 5.03. The van der Waals surface area contributed by atoms with Gasteiger partial charge in [-0.25, -0.2) is 0 Å². The van der Waals surface area contributed by atoms with Crippen LogP contribution in [0.15, 0.2) is 30.3 Å². The molecule has 0 bridgehead atoms. The summed E-state index contributed by atoms with van der Waals surface area (Å²) in [6.45, 7) is 6.47. The Balaban J connectivity index is 0.00000242. The molecular formula is C19H26MnO2. The van der Waals surface area contributed by atoms with E-state index in [1.165, 1.54) is 18.1 Å². The number of carbonyl (C=O) groups excluding carboxylic acids is 1. The SMILES string of the molecule is CC(C)(C)c1ccc(/C(O)=C/C(=O)C2CCCCC2)cc1.[Mn]. The van der Waals surface area contributed by atoms with Crippen molar-refractivity contribution in [1.29, 1.82) is 0 Å². The fourth-order valence-electron chi connectivity index (χ4n) is 2.86. The molecule has 0 aliphatic heterocycles. The van der Waals surface area contributed by atoms with Gasteiger partial charge in [-0.3, -0.25) is 4.79 Å². The van der Waals surface area contributed by atoms with Gasteiger partial charge in [0.2, 0.25) is 0 Å². The number of hydrogen-bond acceptors (Lipinski definition) is 2. The molecule has 1 aromatic carbocycles. The zero-order valence-electron chi connectivity index (χ0n) is 13.7. The van der Waals surface area contributed by atoms with Crippen molar-refractivity contribution in [1.82, 2.24) is 0 Å². The van der Waals surface area contributed by atoms with Gasteiger partial charge in [-0.15, -0.1) is 0 Å². The normalized spacial score (nSPS) is 17.0. The van der Waals surface area contributed by atoms with Crippen molar-refractivity contribution in [3.05, 3.63) is 41.5 Å². The second kappa shape index (κ2) is 7.99. The van der Waals surface area contributed by atoms with Gasteiger partial charge in [-0.1, -0.05) is 64.3 Å². The van der Waals surface area contributed by atoms with E-state index in [4.69, 9.17) is 0 Å². The first-order valence-electron chi connectivity index (χ1n) is 7.93. The van der Waals surface area contributed by atoms with Crippen molar-refractivity contribution in [3.8, 4) is 0 Å². The Morgan fingerprint density at radius 3 is 2.14 bits per heavy atom. The summed E-state index contributed by atoms with van der Waals surface area (Å²) >= 11 is 0. The number of allylic oxidation sites excluding steroid dienone is 1. The molecule has 0 atom stereocenters. The second-order valence-corrected chi connectivity index (χ2v) is 7.09. The summed E-state index contributed by atoms with van der Waals surface area (Å²) in [6, 6.07) is 7.82. The van der Waals surface area contributed by atoms with E-state index in [1.807, 2.05) is 24.3 Å². The summed E-state index contributed by atoms with van der Waals surface area (Å²) in [5.41, 5.74) is 2.03. The van der Waals surface area contributed by atoms with E-state index < -0.39 is 0 Å². The van der Waals surface area contributed by atoms with E-state index in [0.29, 0.717) is 5.56 Å². The molecular weight excluding hydrogens is 315 g/mol. The van der Waals surface area contributed by atoms with Crippen LogP contribution in [0.25, 0.3) is 5.76 Å². The minimum absolute atomic E-state index is 0. The van der Waals surface area contributed by atoms with Crippen LogP contribution in [0.3, 0.4) is 0 Å². The molecule has 121 valence electrons. The topological polar surface area (TPSA) is 37.3 Å². The average Bonchev–Trinajstić information content (AvgIpc) is 2.47. The van der Waals surface area contributed by atoms with Crippen molar-refractivity contribution < 1.29 is 27.0 Å². The van der Waals surface area contributed by atoms with Gasteiger partial charge in [0.05, 0.1) is 0 Å². The van der Waals surface area contributed by atoms with Crippen LogP contribution in [0.5, 0.6) is 0 Å². The van der Waals surface area contributed by atoms with Crippen LogP contribution in [0.2, 0.25) is 0 Å². The standard InChI is InChI=1S/C19H26O2.Mn/c1-19(2,3)16-11-9-15(10-12-16)18(21)13-17(20)14-7-5-4-6-8-14;/h9-14,21H,4-8H2,1-3H3;/b18-13-;. The molecule has 1 radical (unpaired) electrons. The summed E-state index contributed by atoms with van der Waals surface area (Å²) in [7, 11) is 0. The molecule has 1 saturated carbocycles. The van der Waals surface area contributed by atoms with Gasteiger partial charge in [0, 0.05) is 34.6 Å². The van der Waals surface area contributed by atoms with Crippen LogP contribution >= 0.6 is 0 Å². The minimum Gasteiger partial charge on any atom is -0.507 e. The molecule has 3 heteroatoms. The van der Waals surface area contributed by atoms with Gasteiger partial charge in [0.25, 0.3) is 0 Å². The maximum Gasteiger partial charge on any atom is 0.162 e. The number of ketones is 1. The number of rotatable bonds is 3. The third kappa shape index (κ3) is 5.00. The molecule has 0 saturated heterocycles.